The van der Waals surface area contributed by atoms with Gasteiger partial charge < -0.3 is 29.7 Å². The molecule has 3 amide bonds. The van der Waals surface area contributed by atoms with Gasteiger partial charge in [-0.2, -0.15) is 0 Å². The third-order valence-corrected chi connectivity index (χ3v) is 6.11. The van der Waals surface area contributed by atoms with Crippen LogP contribution >= 0.6 is 0 Å². The number of nitrogens with one attached hydrogen (secondary N) is 2. The summed E-state index contributed by atoms with van der Waals surface area (Å²) < 4.78 is 16.3. The van der Waals surface area contributed by atoms with Crippen molar-refractivity contribution in [3.8, 4) is 17.2 Å². The molecular weight excluding hydrogens is 486 g/mol. The summed E-state index contributed by atoms with van der Waals surface area (Å²) >= 11 is 0. The normalized spacial score (nSPS) is 14.6. The predicted octanol–water partition coefficient (Wildman–Crippen LogP) is 3.78. The van der Waals surface area contributed by atoms with Crippen LogP contribution in [-0.4, -0.2) is 44.6 Å². The summed E-state index contributed by atoms with van der Waals surface area (Å²) in [5.74, 6) is 0.893. The van der Waals surface area contributed by atoms with Crippen LogP contribution in [0.25, 0.3) is 0 Å². The number of rotatable bonds is 11. The fraction of sp³-hybridized carbons (Fsp3) is 0.276. The molecule has 3 aromatic rings. The van der Waals surface area contributed by atoms with Gasteiger partial charge in [-0.3, -0.25) is 14.4 Å². The van der Waals surface area contributed by atoms with E-state index in [1.807, 2.05) is 31.2 Å². The van der Waals surface area contributed by atoms with Gasteiger partial charge in [-0.05, 0) is 61.5 Å². The van der Waals surface area contributed by atoms with Crippen molar-refractivity contribution in [2.75, 3.05) is 37.1 Å². The van der Waals surface area contributed by atoms with Gasteiger partial charge in [-0.1, -0.05) is 18.2 Å². The highest BCUT2D eigenvalue weighted by Gasteiger charge is 2.35. The summed E-state index contributed by atoms with van der Waals surface area (Å²) in [5, 5.41) is 5.68. The molecule has 198 valence electrons. The molecule has 1 heterocycles. The molecule has 2 N–H and O–H groups in total. The molecule has 0 spiro atoms. The Bertz CT molecular complexity index is 1260. The molecule has 0 aliphatic carbocycles. The SMILES string of the molecule is CCOc1ccc(NC(=O)COc2ccc(N3C[C@@H](C(=O)NCc4ccccc4OC)CC3=O)cc2)cc1. The molecule has 0 saturated carbocycles. The smallest absolute Gasteiger partial charge is 0.262 e. The number of para-hydroxylation sites is 1. The van der Waals surface area contributed by atoms with Gasteiger partial charge in [-0.25, -0.2) is 0 Å². The van der Waals surface area contributed by atoms with Crippen molar-refractivity contribution < 1.29 is 28.6 Å². The van der Waals surface area contributed by atoms with E-state index in [-0.39, 0.29) is 30.7 Å². The van der Waals surface area contributed by atoms with E-state index in [0.29, 0.717) is 42.6 Å². The van der Waals surface area contributed by atoms with E-state index in [1.54, 1.807) is 60.5 Å². The summed E-state index contributed by atoms with van der Waals surface area (Å²) in [6.07, 6.45) is 0.141. The first kappa shape index (κ1) is 26.5. The Morgan fingerprint density at radius 2 is 1.63 bits per heavy atom. The average Bonchev–Trinajstić information content (AvgIpc) is 3.33. The summed E-state index contributed by atoms with van der Waals surface area (Å²) in [4.78, 5) is 39.2. The quantitative estimate of drug-likeness (QED) is 0.401. The van der Waals surface area contributed by atoms with Crippen molar-refractivity contribution in [1.29, 1.82) is 0 Å². The Labute approximate surface area is 221 Å². The fourth-order valence-corrected chi connectivity index (χ4v) is 4.18. The van der Waals surface area contributed by atoms with Crippen LogP contribution in [0.2, 0.25) is 0 Å². The van der Waals surface area contributed by atoms with Gasteiger partial charge in [0.05, 0.1) is 19.6 Å². The highest BCUT2D eigenvalue weighted by molar-refractivity contribution is 6.00. The van der Waals surface area contributed by atoms with Crippen molar-refractivity contribution >= 4 is 29.1 Å². The maximum Gasteiger partial charge on any atom is 0.262 e. The number of amides is 3. The standard InChI is InChI=1S/C29H31N3O6/c1-3-37-24-12-8-22(9-13-24)31-27(33)19-38-25-14-10-23(11-15-25)32-18-21(16-28(32)34)29(35)30-17-20-6-4-5-7-26(20)36-2/h4-15,21H,3,16-19H2,1-2H3,(H,30,35)(H,31,33)/t21-/m0/s1. The lowest BCUT2D eigenvalue weighted by atomic mass is 10.1. The number of benzene rings is 3. The summed E-state index contributed by atoms with van der Waals surface area (Å²) in [6, 6.07) is 21.4. The second-order valence-corrected chi connectivity index (χ2v) is 8.72. The molecule has 1 aliphatic heterocycles. The molecule has 1 saturated heterocycles. The number of methoxy groups -OCH3 is 1. The highest BCUT2D eigenvalue weighted by Crippen LogP contribution is 2.27. The number of hydrogen-bond acceptors (Lipinski definition) is 6. The Hall–Kier alpha value is -4.53. The highest BCUT2D eigenvalue weighted by atomic mass is 16.5. The van der Waals surface area contributed by atoms with Gasteiger partial charge in [0.25, 0.3) is 5.91 Å². The third-order valence-electron chi connectivity index (χ3n) is 6.11. The Morgan fingerprint density at radius 1 is 0.947 bits per heavy atom. The molecule has 1 atom stereocenters. The lowest BCUT2D eigenvalue weighted by Crippen LogP contribution is -2.32. The lowest BCUT2D eigenvalue weighted by molar-refractivity contribution is -0.126. The molecule has 3 aromatic carbocycles. The molecule has 9 nitrogen and oxygen atoms in total. The fourth-order valence-electron chi connectivity index (χ4n) is 4.18. The van der Waals surface area contributed by atoms with Gasteiger partial charge in [0.1, 0.15) is 17.2 Å². The van der Waals surface area contributed by atoms with Crippen molar-refractivity contribution in [3.63, 3.8) is 0 Å². The Kier molecular flexibility index (Phi) is 8.81. The van der Waals surface area contributed by atoms with Crippen LogP contribution in [0, 0.1) is 5.92 Å². The summed E-state index contributed by atoms with van der Waals surface area (Å²) in [7, 11) is 1.59. The topological polar surface area (TPSA) is 106 Å². The minimum atomic E-state index is -0.445. The van der Waals surface area contributed by atoms with E-state index in [9.17, 15) is 14.4 Å². The first-order chi connectivity index (χ1) is 18.5. The molecule has 1 aliphatic rings. The van der Waals surface area contributed by atoms with Crippen LogP contribution in [0.15, 0.2) is 72.8 Å². The number of anilines is 2. The number of nitrogens with zero attached hydrogens (tertiary/aromatic N) is 1. The van der Waals surface area contributed by atoms with E-state index in [0.717, 1.165) is 11.3 Å². The first-order valence-electron chi connectivity index (χ1n) is 12.4. The zero-order chi connectivity index (χ0) is 26.9. The molecule has 4 rings (SSSR count). The maximum atomic E-state index is 12.7. The number of hydrogen-bond donors (Lipinski definition) is 2. The minimum absolute atomic E-state index is 0.120. The molecule has 0 bridgehead atoms. The van der Waals surface area contributed by atoms with Gasteiger partial charge in [0.2, 0.25) is 11.8 Å². The molecule has 9 heteroatoms. The Balaban J connectivity index is 1.25. The lowest BCUT2D eigenvalue weighted by Gasteiger charge is -2.17. The largest absolute Gasteiger partial charge is 0.496 e. The van der Waals surface area contributed by atoms with Crippen LogP contribution in [0.4, 0.5) is 11.4 Å². The zero-order valence-electron chi connectivity index (χ0n) is 21.4. The van der Waals surface area contributed by atoms with Crippen LogP contribution < -0.4 is 29.7 Å². The van der Waals surface area contributed by atoms with E-state index < -0.39 is 5.92 Å². The van der Waals surface area contributed by atoms with Crippen LogP contribution in [-0.2, 0) is 20.9 Å². The maximum absolute atomic E-state index is 12.7. The van der Waals surface area contributed by atoms with Crippen LogP contribution in [0.3, 0.4) is 0 Å². The summed E-state index contributed by atoms with van der Waals surface area (Å²) in [5.41, 5.74) is 2.18. The molecule has 0 radical (unpaired) electrons. The second-order valence-electron chi connectivity index (χ2n) is 8.72. The van der Waals surface area contributed by atoms with Gasteiger partial charge in [0, 0.05) is 36.4 Å². The van der Waals surface area contributed by atoms with Crippen molar-refractivity contribution in [3.05, 3.63) is 78.4 Å². The van der Waals surface area contributed by atoms with Gasteiger partial charge in [-0.15, -0.1) is 0 Å². The van der Waals surface area contributed by atoms with Crippen molar-refractivity contribution in [2.45, 2.75) is 19.9 Å². The average molecular weight is 518 g/mol. The first-order valence-corrected chi connectivity index (χ1v) is 12.4. The summed E-state index contributed by atoms with van der Waals surface area (Å²) in [6.45, 7) is 2.94. The predicted molar refractivity (Wildman–Crippen MR) is 143 cm³/mol. The van der Waals surface area contributed by atoms with E-state index in [1.165, 1.54) is 0 Å². The molecule has 0 unspecified atom stereocenters. The van der Waals surface area contributed by atoms with Gasteiger partial charge >= 0.3 is 0 Å². The van der Waals surface area contributed by atoms with Crippen molar-refractivity contribution in [2.24, 2.45) is 5.92 Å². The minimum Gasteiger partial charge on any atom is -0.496 e. The zero-order valence-corrected chi connectivity index (χ0v) is 21.4. The molecule has 1 fully saturated rings. The van der Waals surface area contributed by atoms with Crippen LogP contribution in [0.5, 0.6) is 17.2 Å². The third kappa shape index (κ3) is 6.82. The monoisotopic (exact) mass is 517 g/mol. The van der Waals surface area contributed by atoms with E-state index >= 15 is 0 Å². The number of carbonyl (C=O) groups excluding carboxylic acids is 3. The van der Waals surface area contributed by atoms with E-state index in [2.05, 4.69) is 10.6 Å². The number of ether oxygens (including phenoxy) is 3. The van der Waals surface area contributed by atoms with Crippen molar-refractivity contribution in [1.82, 2.24) is 5.32 Å². The molecule has 38 heavy (non-hydrogen) atoms. The van der Waals surface area contributed by atoms with Crippen LogP contribution in [0.1, 0.15) is 18.9 Å². The molecular formula is C29H31N3O6. The molecule has 0 aromatic heterocycles. The Morgan fingerprint density at radius 3 is 2.34 bits per heavy atom. The second kappa shape index (κ2) is 12.6. The van der Waals surface area contributed by atoms with Gasteiger partial charge in [0.15, 0.2) is 6.61 Å². The van der Waals surface area contributed by atoms with E-state index in [4.69, 9.17) is 14.2 Å². The number of carbonyl (C=O) groups is 3.